The van der Waals surface area contributed by atoms with Crippen molar-refractivity contribution in [1.29, 1.82) is 0 Å². The van der Waals surface area contributed by atoms with Gasteiger partial charge in [-0.15, -0.1) is 0 Å². The average Bonchev–Trinajstić information content (AvgIpc) is 3.33. The first-order valence-electron chi connectivity index (χ1n) is 8.66. The van der Waals surface area contributed by atoms with Gasteiger partial charge in [-0.25, -0.2) is 9.31 Å². The summed E-state index contributed by atoms with van der Waals surface area (Å²) in [5.41, 5.74) is 0.578. The van der Waals surface area contributed by atoms with E-state index in [0.29, 0.717) is 23.5 Å². The number of alkyl halides is 2. The number of rotatable bonds is 4. The summed E-state index contributed by atoms with van der Waals surface area (Å²) < 4.78 is 30.3. The molecule has 0 radical (unpaired) electrons. The third-order valence-electron chi connectivity index (χ3n) is 5.31. The highest BCUT2D eigenvalue weighted by atomic mass is 19.3. The van der Waals surface area contributed by atoms with Crippen molar-refractivity contribution in [1.82, 2.24) is 30.3 Å². The van der Waals surface area contributed by atoms with E-state index in [2.05, 4.69) is 25.4 Å². The molecular weight excluding hydrogens is 362 g/mol. The molecule has 2 aromatic rings. The molecule has 1 saturated heterocycles. The second-order valence-corrected chi connectivity index (χ2v) is 6.96. The summed E-state index contributed by atoms with van der Waals surface area (Å²) in [7, 11) is 0. The Labute approximate surface area is 152 Å². The number of hydrogen-bond acceptors (Lipinski definition) is 6. The number of piperidine rings is 1. The lowest BCUT2D eigenvalue weighted by atomic mass is 9.91. The van der Waals surface area contributed by atoms with E-state index in [1.807, 2.05) is 0 Å². The SMILES string of the molecule is Cc1nonc1C(=O)NC1[C@@H]2CC[C@H]1CN(C(=O)c1ccn(C(F)F)n1)C2. The van der Waals surface area contributed by atoms with Gasteiger partial charge in [-0.2, -0.15) is 13.9 Å². The van der Waals surface area contributed by atoms with Gasteiger partial charge in [0, 0.05) is 25.3 Å². The van der Waals surface area contributed by atoms with Crippen LogP contribution in [-0.4, -0.2) is 55.9 Å². The maximum Gasteiger partial charge on any atom is 0.333 e. The number of halogens is 2. The van der Waals surface area contributed by atoms with Crippen LogP contribution >= 0.6 is 0 Å². The summed E-state index contributed by atoms with van der Waals surface area (Å²) in [5.74, 6) is -0.526. The zero-order chi connectivity index (χ0) is 19.1. The van der Waals surface area contributed by atoms with Gasteiger partial charge in [0.1, 0.15) is 5.69 Å². The molecule has 1 aliphatic heterocycles. The second-order valence-electron chi connectivity index (χ2n) is 6.96. The minimum atomic E-state index is -2.78. The van der Waals surface area contributed by atoms with Gasteiger partial charge in [0.25, 0.3) is 11.8 Å². The van der Waals surface area contributed by atoms with Gasteiger partial charge in [-0.05, 0) is 42.8 Å². The van der Waals surface area contributed by atoms with Gasteiger partial charge < -0.3 is 10.2 Å². The van der Waals surface area contributed by atoms with Crippen LogP contribution in [0.3, 0.4) is 0 Å². The third-order valence-corrected chi connectivity index (χ3v) is 5.31. The normalized spacial score (nSPS) is 24.4. The molecule has 9 nitrogen and oxygen atoms in total. The highest BCUT2D eigenvalue weighted by Gasteiger charge is 2.44. The third kappa shape index (κ3) is 3.17. The van der Waals surface area contributed by atoms with Crippen molar-refractivity contribution in [2.24, 2.45) is 11.8 Å². The summed E-state index contributed by atoms with van der Waals surface area (Å²) in [6.07, 6.45) is 2.84. The van der Waals surface area contributed by atoms with Gasteiger partial charge in [-0.3, -0.25) is 9.59 Å². The van der Waals surface area contributed by atoms with Crippen LogP contribution < -0.4 is 5.32 Å². The van der Waals surface area contributed by atoms with Crippen molar-refractivity contribution < 1.29 is 23.0 Å². The molecule has 27 heavy (non-hydrogen) atoms. The lowest BCUT2D eigenvalue weighted by Crippen LogP contribution is -2.54. The van der Waals surface area contributed by atoms with E-state index in [1.165, 1.54) is 6.07 Å². The Morgan fingerprint density at radius 1 is 1.26 bits per heavy atom. The fraction of sp³-hybridized carbons (Fsp3) is 0.562. The monoisotopic (exact) mass is 380 g/mol. The molecule has 2 fully saturated rings. The van der Waals surface area contributed by atoms with Gasteiger partial charge in [0.15, 0.2) is 11.4 Å². The van der Waals surface area contributed by atoms with Crippen LogP contribution in [0.25, 0.3) is 0 Å². The van der Waals surface area contributed by atoms with Gasteiger partial charge in [-0.1, -0.05) is 5.16 Å². The fourth-order valence-corrected chi connectivity index (χ4v) is 4.00. The van der Waals surface area contributed by atoms with Crippen LogP contribution in [0.5, 0.6) is 0 Å². The van der Waals surface area contributed by atoms with Crippen molar-refractivity contribution in [2.75, 3.05) is 13.1 Å². The molecule has 11 heteroatoms. The van der Waals surface area contributed by atoms with E-state index in [0.717, 1.165) is 19.0 Å². The molecule has 4 rings (SSSR count). The Bertz CT molecular complexity index is 852. The van der Waals surface area contributed by atoms with E-state index in [4.69, 9.17) is 0 Å². The topological polar surface area (TPSA) is 106 Å². The highest BCUT2D eigenvalue weighted by Crippen LogP contribution is 2.37. The average molecular weight is 380 g/mol. The molecule has 3 atom stereocenters. The fourth-order valence-electron chi connectivity index (χ4n) is 4.00. The molecule has 1 N–H and O–H groups in total. The molecule has 2 aliphatic rings. The number of carbonyl (C=O) groups excluding carboxylic acids is 2. The van der Waals surface area contributed by atoms with E-state index in [-0.39, 0.29) is 41.1 Å². The zero-order valence-electron chi connectivity index (χ0n) is 14.5. The van der Waals surface area contributed by atoms with Crippen molar-refractivity contribution >= 4 is 11.8 Å². The minimum absolute atomic E-state index is 0.00137. The van der Waals surface area contributed by atoms with Crippen LogP contribution in [0.1, 0.15) is 46.1 Å². The molecule has 0 aromatic carbocycles. The summed E-state index contributed by atoms with van der Waals surface area (Å²) in [4.78, 5) is 26.6. The Hall–Kier alpha value is -2.85. The highest BCUT2D eigenvalue weighted by molar-refractivity contribution is 5.93. The van der Waals surface area contributed by atoms with Crippen LogP contribution in [0, 0.1) is 18.8 Å². The van der Waals surface area contributed by atoms with Crippen LogP contribution in [-0.2, 0) is 0 Å². The Balaban J connectivity index is 1.43. The predicted octanol–water partition coefficient (Wildman–Crippen LogP) is 1.25. The number of nitrogens with one attached hydrogen (secondary N) is 1. The molecule has 2 amide bonds. The summed E-state index contributed by atoms with van der Waals surface area (Å²) in [6, 6.07) is 1.22. The van der Waals surface area contributed by atoms with Crippen molar-refractivity contribution in [3.8, 4) is 0 Å². The predicted molar refractivity (Wildman–Crippen MR) is 85.9 cm³/mol. The maximum atomic E-state index is 12.7. The first-order valence-corrected chi connectivity index (χ1v) is 8.66. The number of carbonyl (C=O) groups is 2. The Kier molecular flexibility index (Phi) is 4.36. The second kappa shape index (κ2) is 6.71. The lowest BCUT2D eigenvalue weighted by molar-refractivity contribution is 0.0526. The molecule has 3 heterocycles. The minimum Gasteiger partial charge on any atom is -0.347 e. The lowest BCUT2D eigenvalue weighted by Gasteiger charge is -2.38. The molecule has 2 bridgehead atoms. The molecular formula is C16H18F2N6O3. The van der Waals surface area contributed by atoms with Gasteiger partial charge in [0.05, 0.1) is 0 Å². The quantitative estimate of drug-likeness (QED) is 0.856. The Morgan fingerprint density at radius 2 is 1.96 bits per heavy atom. The summed E-state index contributed by atoms with van der Waals surface area (Å²) in [6.45, 7) is -0.256. The van der Waals surface area contributed by atoms with Crippen molar-refractivity contribution in [3.05, 3.63) is 29.3 Å². The number of fused-ring (bicyclic) bond motifs is 2. The van der Waals surface area contributed by atoms with Gasteiger partial charge >= 0.3 is 6.55 Å². The van der Waals surface area contributed by atoms with E-state index < -0.39 is 6.55 Å². The first-order chi connectivity index (χ1) is 12.9. The molecule has 1 saturated carbocycles. The smallest absolute Gasteiger partial charge is 0.333 e. The van der Waals surface area contributed by atoms with Gasteiger partial charge in [0.2, 0.25) is 0 Å². The molecule has 144 valence electrons. The summed E-state index contributed by atoms with van der Waals surface area (Å²) in [5, 5.41) is 13.9. The number of aromatic nitrogens is 4. The van der Waals surface area contributed by atoms with E-state index in [9.17, 15) is 18.4 Å². The number of hydrogen-bond donors (Lipinski definition) is 1. The molecule has 2 aromatic heterocycles. The number of nitrogens with zero attached hydrogens (tertiary/aromatic N) is 5. The van der Waals surface area contributed by atoms with E-state index >= 15 is 0 Å². The van der Waals surface area contributed by atoms with Crippen molar-refractivity contribution in [2.45, 2.75) is 32.4 Å². The zero-order valence-corrected chi connectivity index (χ0v) is 14.5. The van der Waals surface area contributed by atoms with Crippen LogP contribution in [0.2, 0.25) is 0 Å². The molecule has 1 unspecified atom stereocenters. The van der Waals surface area contributed by atoms with Crippen LogP contribution in [0.4, 0.5) is 8.78 Å². The number of amides is 2. The standard InChI is InChI=1S/C16H18F2N6O3/c1-8-12(22-27-21-8)14(25)19-13-9-2-3-10(13)7-23(6-9)15(26)11-4-5-24(20-11)16(17)18/h4-5,9-10,13,16H,2-3,6-7H2,1H3,(H,19,25)/t9-,10+,13?. The maximum absolute atomic E-state index is 12.7. The first kappa shape index (κ1) is 17.6. The van der Waals surface area contributed by atoms with Crippen molar-refractivity contribution in [3.63, 3.8) is 0 Å². The summed E-state index contributed by atoms with van der Waals surface area (Å²) >= 11 is 0. The van der Waals surface area contributed by atoms with E-state index in [1.54, 1.807) is 11.8 Å². The molecule has 1 aliphatic carbocycles. The number of aryl methyl sites for hydroxylation is 1. The number of likely N-dealkylation sites (tertiary alicyclic amines) is 1. The van der Waals surface area contributed by atoms with Crippen LogP contribution in [0.15, 0.2) is 16.9 Å². The largest absolute Gasteiger partial charge is 0.347 e. The molecule has 0 spiro atoms. The Morgan fingerprint density at radius 3 is 2.52 bits per heavy atom.